The third-order valence-corrected chi connectivity index (χ3v) is 2.44. The quantitative estimate of drug-likeness (QED) is 0.623. The minimum atomic E-state index is 0.114. The second-order valence-corrected chi connectivity index (χ2v) is 3.91. The number of carbonyl (C=O) groups excluding carboxylic acids is 1. The van der Waals surface area contributed by atoms with Crippen LogP contribution in [0.3, 0.4) is 0 Å². The number of ether oxygens (including phenoxy) is 1. The summed E-state index contributed by atoms with van der Waals surface area (Å²) in [5.41, 5.74) is 0. The van der Waals surface area contributed by atoms with Gasteiger partial charge in [0.1, 0.15) is 0 Å². The van der Waals surface area contributed by atoms with Crippen molar-refractivity contribution >= 4 is 5.91 Å². The normalized spacial score (nSPS) is 18.9. The number of aliphatic hydroxyl groups excluding tert-OH is 1. The van der Waals surface area contributed by atoms with E-state index in [0.29, 0.717) is 39.4 Å². The fourth-order valence-electron chi connectivity index (χ4n) is 1.41. The number of nitrogens with zero attached hydrogens (tertiary/aromatic N) is 1. The zero-order valence-corrected chi connectivity index (χ0v) is 9.24. The minimum absolute atomic E-state index is 0.114. The van der Waals surface area contributed by atoms with E-state index >= 15 is 0 Å². The van der Waals surface area contributed by atoms with E-state index in [2.05, 4.69) is 5.32 Å². The monoisotopic (exact) mass is 216 g/mol. The molecular weight excluding hydrogens is 196 g/mol. The molecule has 1 heterocycles. The molecule has 0 radical (unpaired) electrons. The lowest BCUT2D eigenvalue weighted by molar-refractivity contribution is -0.134. The van der Waals surface area contributed by atoms with Gasteiger partial charge >= 0.3 is 0 Å². The van der Waals surface area contributed by atoms with Crippen molar-refractivity contribution in [3.63, 3.8) is 0 Å². The van der Waals surface area contributed by atoms with Crippen LogP contribution >= 0.6 is 0 Å². The van der Waals surface area contributed by atoms with E-state index in [9.17, 15) is 4.79 Å². The number of aliphatic hydroxyl groups is 1. The SMILES string of the molecule is CC(CO)CNCC(=O)N1CCOCC1. The van der Waals surface area contributed by atoms with Gasteiger partial charge < -0.3 is 20.1 Å². The maximum atomic E-state index is 11.6. The summed E-state index contributed by atoms with van der Waals surface area (Å²) in [4.78, 5) is 13.4. The molecular formula is C10H20N2O3. The minimum Gasteiger partial charge on any atom is -0.396 e. The Morgan fingerprint density at radius 1 is 1.53 bits per heavy atom. The Balaban J connectivity index is 2.12. The van der Waals surface area contributed by atoms with Crippen LogP contribution < -0.4 is 5.32 Å². The first-order valence-corrected chi connectivity index (χ1v) is 5.41. The highest BCUT2D eigenvalue weighted by atomic mass is 16.5. The number of nitrogens with one attached hydrogen (secondary N) is 1. The molecule has 88 valence electrons. The zero-order valence-electron chi connectivity index (χ0n) is 9.24. The molecule has 1 rings (SSSR count). The predicted octanol–water partition coefficient (Wildman–Crippen LogP) is -0.937. The van der Waals surface area contributed by atoms with Gasteiger partial charge in [0.15, 0.2) is 0 Å². The molecule has 1 aliphatic rings. The third kappa shape index (κ3) is 4.59. The van der Waals surface area contributed by atoms with E-state index in [-0.39, 0.29) is 18.4 Å². The van der Waals surface area contributed by atoms with Gasteiger partial charge in [0.25, 0.3) is 0 Å². The van der Waals surface area contributed by atoms with Crippen LogP contribution in [0.1, 0.15) is 6.92 Å². The smallest absolute Gasteiger partial charge is 0.236 e. The molecule has 2 N–H and O–H groups in total. The average Bonchev–Trinajstić information content (AvgIpc) is 2.29. The summed E-state index contributed by atoms with van der Waals surface area (Å²) in [5.74, 6) is 0.311. The second kappa shape index (κ2) is 6.76. The molecule has 0 aromatic heterocycles. The second-order valence-electron chi connectivity index (χ2n) is 3.91. The predicted molar refractivity (Wildman–Crippen MR) is 56.5 cm³/mol. The Morgan fingerprint density at radius 2 is 2.20 bits per heavy atom. The van der Waals surface area contributed by atoms with Crippen molar-refractivity contribution in [1.82, 2.24) is 10.2 Å². The van der Waals surface area contributed by atoms with Gasteiger partial charge in [-0.05, 0) is 5.92 Å². The molecule has 1 atom stereocenters. The lowest BCUT2D eigenvalue weighted by atomic mass is 10.2. The van der Waals surface area contributed by atoms with E-state index in [1.165, 1.54) is 0 Å². The van der Waals surface area contributed by atoms with Gasteiger partial charge in [-0.15, -0.1) is 0 Å². The van der Waals surface area contributed by atoms with Gasteiger partial charge in [0.2, 0.25) is 5.91 Å². The first-order valence-electron chi connectivity index (χ1n) is 5.41. The molecule has 1 fully saturated rings. The number of morpholine rings is 1. The Hall–Kier alpha value is -0.650. The van der Waals surface area contributed by atoms with Crippen LogP contribution in [-0.4, -0.2) is 61.9 Å². The third-order valence-electron chi connectivity index (χ3n) is 2.44. The van der Waals surface area contributed by atoms with Crippen molar-refractivity contribution in [3.8, 4) is 0 Å². The number of hydrogen-bond acceptors (Lipinski definition) is 4. The fraction of sp³-hybridized carbons (Fsp3) is 0.900. The molecule has 1 saturated heterocycles. The van der Waals surface area contributed by atoms with E-state index in [4.69, 9.17) is 9.84 Å². The maximum Gasteiger partial charge on any atom is 0.236 e. The summed E-state index contributed by atoms with van der Waals surface area (Å²) in [6.45, 7) is 5.77. The van der Waals surface area contributed by atoms with Gasteiger partial charge in [-0.3, -0.25) is 4.79 Å². The molecule has 0 aromatic rings. The molecule has 1 unspecified atom stereocenters. The van der Waals surface area contributed by atoms with Crippen LogP contribution in [0.15, 0.2) is 0 Å². The highest BCUT2D eigenvalue weighted by Crippen LogP contribution is 1.96. The summed E-state index contributed by atoms with van der Waals surface area (Å²) in [6.07, 6.45) is 0. The zero-order chi connectivity index (χ0) is 11.1. The molecule has 5 heteroatoms. The summed E-state index contributed by atoms with van der Waals surface area (Å²) in [6, 6.07) is 0. The van der Waals surface area contributed by atoms with Gasteiger partial charge in [0.05, 0.1) is 19.8 Å². The Morgan fingerprint density at radius 3 is 2.80 bits per heavy atom. The summed E-state index contributed by atoms with van der Waals surface area (Å²) in [7, 11) is 0. The molecule has 15 heavy (non-hydrogen) atoms. The number of rotatable bonds is 5. The lowest BCUT2D eigenvalue weighted by Crippen LogP contribution is -2.45. The standard InChI is InChI=1S/C10H20N2O3/c1-9(8-13)6-11-7-10(14)12-2-4-15-5-3-12/h9,11,13H,2-8H2,1H3. The van der Waals surface area contributed by atoms with Crippen molar-refractivity contribution in [2.75, 3.05) is 46.0 Å². The Bertz CT molecular complexity index is 193. The van der Waals surface area contributed by atoms with Crippen molar-refractivity contribution < 1.29 is 14.6 Å². The van der Waals surface area contributed by atoms with Gasteiger partial charge in [-0.2, -0.15) is 0 Å². The summed E-state index contributed by atoms with van der Waals surface area (Å²) >= 11 is 0. The van der Waals surface area contributed by atoms with E-state index in [0.717, 1.165) is 0 Å². The maximum absolute atomic E-state index is 11.6. The van der Waals surface area contributed by atoms with Crippen LogP contribution in [0.5, 0.6) is 0 Å². The van der Waals surface area contributed by atoms with E-state index < -0.39 is 0 Å². The molecule has 1 aliphatic heterocycles. The van der Waals surface area contributed by atoms with Crippen LogP contribution in [-0.2, 0) is 9.53 Å². The van der Waals surface area contributed by atoms with Crippen LogP contribution in [0.2, 0.25) is 0 Å². The van der Waals surface area contributed by atoms with Gasteiger partial charge in [-0.1, -0.05) is 6.92 Å². The Labute approximate surface area is 90.4 Å². The first kappa shape index (κ1) is 12.4. The largest absolute Gasteiger partial charge is 0.396 e. The molecule has 0 aromatic carbocycles. The molecule has 0 spiro atoms. The van der Waals surface area contributed by atoms with Crippen LogP contribution in [0.25, 0.3) is 0 Å². The molecule has 0 aliphatic carbocycles. The fourth-order valence-corrected chi connectivity index (χ4v) is 1.41. The lowest BCUT2D eigenvalue weighted by Gasteiger charge is -2.27. The van der Waals surface area contributed by atoms with Crippen LogP contribution in [0.4, 0.5) is 0 Å². The summed E-state index contributed by atoms with van der Waals surface area (Å²) < 4.78 is 5.16. The highest BCUT2D eigenvalue weighted by Gasteiger charge is 2.16. The van der Waals surface area contributed by atoms with Crippen molar-refractivity contribution in [1.29, 1.82) is 0 Å². The van der Waals surface area contributed by atoms with Crippen LogP contribution in [0, 0.1) is 5.92 Å². The number of amides is 1. The topological polar surface area (TPSA) is 61.8 Å². The summed E-state index contributed by atoms with van der Waals surface area (Å²) in [5, 5.41) is 11.8. The van der Waals surface area contributed by atoms with Crippen molar-refractivity contribution in [2.24, 2.45) is 5.92 Å². The average molecular weight is 216 g/mol. The molecule has 1 amide bonds. The van der Waals surface area contributed by atoms with Gasteiger partial charge in [-0.25, -0.2) is 0 Å². The number of carbonyl (C=O) groups is 1. The first-order chi connectivity index (χ1) is 7.24. The highest BCUT2D eigenvalue weighted by molar-refractivity contribution is 5.78. The number of hydrogen-bond donors (Lipinski definition) is 2. The Kier molecular flexibility index (Phi) is 5.60. The molecule has 0 saturated carbocycles. The molecule has 0 bridgehead atoms. The van der Waals surface area contributed by atoms with E-state index in [1.807, 2.05) is 6.92 Å². The van der Waals surface area contributed by atoms with E-state index in [1.54, 1.807) is 4.90 Å². The molecule has 5 nitrogen and oxygen atoms in total. The van der Waals surface area contributed by atoms with Gasteiger partial charge in [0, 0.05) is 26.2 Å². The van der Waals surface area contributed by atoms with Crippen molar-refractivity contribution in [3.05, 3.63) is 0 Å². The van der Waals surface area contributed by atoms with Crippen molar-refractivity contribution in [2.45, 2.75) is 6.92 Å².